The van der Waals surface area contributed by atoms with Crippen molar-refractivity contribution < 1.29 is 4.79 Å². The van der Waals surface area contributed by atoms with Crippen LogP contribution < -0.4 is 5.32 Å². The van der Waals surface area contributed by atoms with Crippen molar-refractivity contribution in [3.63, 3.8) is 0 Å². The Balaban J connectivity index is 1.47. The lowest BCUT2D eigenvalue weighted by molar-refractivity contribution is -0.121. The van der Waals surface area contributed by atoms with Gasteiger partial charge >= 0.3 is 0 Å². The molecule has 7 heteroatoms. The first-order valence-corrected chi connectivity index (χ1v) is 9.90. The van der Waals surface area contributed by atoms with Crippen LogP contribution in [0.15, 0.2) is 35.8 Å². The average Bonchev–Trinajstić information content (AvgIpc) is 3.30. The number of nitrogens with zero attached hydrogens (tertiary/aromatic N) is 4. The summed E-state index contributed by atoms with van der Waals surface area (Å²) in [6, 6.07) is 8.00. The van der Waals surface area contributed by atoms with E-state index in [1.54, 1.807) is 17.5 Å². The Bertz CT molecular complexity index is 1100. The highest BCUT2D eigenvalue weighted by atomic mass is 32.1. The summed E-state index contributed by atoms with van der Waals surface area (Å²) in [6.07, 6.45) is 3.70. The Kier molecular flexibility index (Phi) is 4.85. The second-order valence-electron chi connectivity index (χ2n) is 6.55. The lowest BCUT2D eigenvalue weighted by Gasteiger charge is -2.11. The normalized spacial score (nSPS) is 11.3. The molecule has 6 nitrogen and oxygen atoms in total. The molecule has 1 amide bonds. The van der Waals surface area contributed by atoms with Crippen LogP contribution in [-0.4, -0.2) is 32.0 Å². The van der Waals surface area contributed by atoms with E-state index in [1.807, 2.05) is 36.6 Å². The number of fused-ring (bicyclic) bond motifs is 3. The van der Waals surface area contributed by atoms with Crippen molar-refractivity contribution >= 4 is 33.9 Å². The van der Waals surface area contributed by atoms with Crippen molar-refractivity contribution in [3.05, 3.63) is 57.7 Å². The molecule has 0 fully saturated rings. The molecule has 0 aliphatic heterocycles. The van der Waals surface area contributed by atoms with Crippen LogP contribution >= 0.6 is 11.3 Å². The van der Waals surface area contributed by atoms with E-state index in [0.29, 0.717) is 25.0 Å². The van der Waals surface area contributed by atoms with E-state index >= 15 is 0 Å². The zero-order chi connectivity index (χ0) is 18.8. The number of rotatable bonds is 6. The lowest BCUT2D eigenvalue weighted by Crippen LogP contribution is -2.26. The predicted octanol–water partition coefficient (Wildman–Crippen LogP) is 3.25. The summed E-state index contributed by atoms with van der Waals surface area (Å²) in [6.45, 7) is 4.69. The zero-order valence-electron chi connectivity index (χ0n) is 15.4. The van der Waals surface area contributed by atoms with Crippen LogP contribution in [-0.2, 0) is 17.6 Å². The number of pyridine rings is 1. The van der Waals surface area contributed by atoms with E-state index in [-0.39, 0.29) is 5.91 Å². The molecule has 27 heavy (non-hydrogen) atoms. The van der Waals surface area contributed by atoms with Crippen LogP contribution in [0.2, 0.25) is 0 Å². The Morgan fingerprint density at radius 2 is 2.11 bits per heavy atom. The Morgan fingerprint density at radius 3 is 2.93 bits per heavy atom. The first-order valence-electron chi connectivity index (χ1n) is 9.02. The van der Waals surface area contributed by atoms with Crippen molar-refractivity contribution in [2.45, 2.75) is 33.1 Å². The topological polar surface area (TPSA) is 72.2 Å². The molecule has 4 rings (SSSR count). The second kappa shape index (κ2) is 7.44. The molecule has 0 saturated heterocycles. The summed E-state index contributed by atoms with van der Waals surface area (Å²) < 4.78 is 1.84. The summed E-state index contributed by atoms with van der Waals surface area (Å²) >= 11 is 1.72. The fraction of sp³-hybridized carbons (Fsp3) is 0.300. The second-order valence-corrected chi connectivity index (χ2v) is 7.58. The summed E-state index contributed by atoms with van der Waals surface area (Å²) in [5, 5.41) is 10.6. The van der Waals surface area contributed by atoms with Gasteiger partial charge in [-0.15, -0.1) is 16.4 Å². The molecule has 138 valence electrons. The van der Waals surface area contributed by atoms with Gasteiger partial charge in [0.15, 0.2) is 11.3 Å². The third-order valence-electron chi connectivity index (χ3n) is 4.76. The van der Waals surface area contributed by atoms with Gasteiger partial charge in [0.05, 0.1) is 5.39 Å². The molecule has 0 aromatic carbocycles. The summed E-state index contributed by atoms with van der Waals surface area (Å²) in [5.74, 6) is 0.0674. The standard InChI is InChI=1S/C20H21N5OS/c1-13-16(7-8-18(26)21-11-9-15-5-4-12-27-15)14(2)25-20(23-13)17-6-3-10-22-19(17)24-25/h3-6,10,12H,7-9,11H2,1-2H3,(H,21,26). The van der Waals surface area contributed by atoms with Gasteiger partial charge in [-0.3, -0.25) is 4.79 Å². The predicted molar refractivity (Wildman–Crippen MR) is 107 cm³/mol. The Hall–Kier alpha value is -2.80. The number of carbonyl (C=O) groups excluding carboxylic acids is 1. The van der Waals surface area contributed by atoms with Gasteiger partial charge < -0.3 is 5.32 Å². The molecular weight excluding hydrogens is 358 g/mol. The largest absolute Gasteiger partial charge is 0.356 e. The van der Waals surface area contributed by atoms with E-state index in [1.165, 1.54) is 4.88 Å². The van der Waals surface area contributed by atoms with E-state index in [9.17, 15) is 4.79 Å². The number of amides is 1. The first-order chi connectivity index (χ1) is 13.1. The number of hydrogen-bond acceptors (Lipinski definition) is 5. The minimum Gasteiger partial charge on any atom is -0.356 e. The molecule has 0 saturated carbocycles. The summed E-state index contributed by atoms with van der Waals surface area (Å²) in [4.78, 5) is 22.5. The van der Waals surface area contributed by atoms with Crippen molar-refractivity contribution in [2.24, 2.45) is 0 Å². The maximum absolute atomic E-state index is 12.2. The van der Waals surface area contributed by atoms with Crippen molar-refractivity contribution in [1.82, 2.24) is 24.9 Å². The molecule has 4 aromatic heterocycles. The molecule has 4 aromatic rings. The molecule has 0 aliphatic rings. The van der Waals surface area contributed by atoms with Gasteiger partial charge in [0, 0.05) is 35.4 Å². The average molecular weight is 379 g/mol. The first kappa shape index (κ1) is 17.6. The number of carbonyl (C=O) groups is 1. The highest BCUT2D eigenvalue weighted by molar-refractivity contribution is 7.09. The molecule has 0 unspecified atom stereocenters. The van der Waals surface area contributed by atoms with Crippen LogP contribution in [0.5, 0.6) is 0 Å². The molecular formula is C20H21N5OS. The van der Waals surface area contributed by atoms with Gasteiger partial charge in [0.1, 0.15) is 0 Å². The highest BCUT2D eigenvalue weighted by Crippen LogP contribution is 2.21. The van der Waals surface area contributed by atoms with Crippen molar-refractivity contribution in [2.75, 3.05) is 6.54 Å². The zero-order valence-corrected chi connectivity index (χ0v) is 16.2. The monoisotopic (exact) mass is 379 g/mol. The highest BCUT2D eigenvalue weighted by Gasteiger charge is 2.15. The number of aromatic nitrogens is 4. The van der Waals surface area contributed by atoms with Gasteiger partial charge in [-0.2, -0.15) is 0 Å². The Morgan fingerprint density at radius 1 is 1.22 bits per heavy atom. The fourth-order valence-corrected chi connectivity index (χ4v) is 4.04. The van der Waals surface area contributed by atoms with Crippen LogP contribution in [0.4, 0.5) is 0 Å². The number of aryl methyl sites for hydroxylation is 2. The quantitative estimate of drug-likeness (QED) is 0.558. The summed E-state index contributed by atoms with van der Waals surface area (Å²) in [5.41, 5.74) is 4.54. The molecule has 0 spiro atoms. The third kappa shape index (κ3) is 3.55. The molecule has 0 radical (unpaired) electrons. The molecule has 4 heterocycles. The van der Waals surface area contributed by atoms with E-state index in [0.717, 1.165) is 34.4 Å². The third-order valence-corrected chi connectivity index (χ3v) is 5.70. The van der Waals surface area contributed by atoms with Gasteiger partial charge in [0.25, 0.3) is 0 Å². The van der Waals surface area contributed by atoms with Gasteiger partial charge in [-0.25, -0.2) is 14.5 Å². The van der Waals surface area contributed by atoms with Crippen molar-refractivity contribution in [3.8, 4) is 0 Å². The minimum absolute atomic E-state index is 0.0674. The number of hydrogen-bond donors (Lipinski definition) is 1. The minimum atomic E-state index is 0.0674. The maximum Gasteiger partial charge on any atom is 0.220 e. The van der Waals surface area contributed by atoms with Gasteiger partial charge in [-0.1, -0.05) is 6.07 Å². The van der Waals surface area contributed by atoms with Crippen LogP contribution in [0.25, 0.3) is 16.7 Å². The summed E-state index contributed by atoms with van der Waals surface area (Å²) in [7, 11) is 0. The molecule has 0 aliphatic carbocycles. The van der Waals surface area contributed by atoms with Crippen LogP contribution in [0.3, 0.4) is 0 Å². The lowest BCUT2D eigenvalue weighted by atomic mass is 10.1. The van der Waals surface area contributed by atoms with Crippen molar-refractivity contribution in [1.29, 1.82) is 0 Å². The van der Waals surface area contributed by atoms with E-state index < -0.39 is 0 Å². The number of nitrogens with one attached hydrogen (secondary N) is 1. The maximum atomic E-state index is 12.2. The molecule has 0 atom stereocenters. The fourth-order valence-electron chi connectivity index (χ4n) is 3.33. The van der Waals surface area contributed by atoms with Gasteiger partial charge in [-0.05, 0) is 55.8 Å². The van der Waals surface area contributed by atoms with Gasteiger partial charge in [0.2, 0.25) is 5.91 Å². The van der Waals surface area contributed by atoms with E-state index in [2.05, 4.69) is 26.8 Å². The van der Waals surface area contributed by atoms with Crippen LogP contribution in [0, 0.1) is 13.8 Å². The number of thiophene rings is 1. The molecule has 1 N–H and O–H groups in total. The SMILES string of the molecule is Cc1nc2c3cccnc3nn2c(C)c1CCC(=O)NCCc1cccs1. The Labute approximate surface area is 161 Å². The van der Waals surface area contributed by atoms with Crippen LogP contribution in [0.1, 0.15) is 28.2 Å². The smallest absolute Gasteiger partial charge is 0.220 e. The molecule has 0 bridgehead atoms. The van der Waals surface area contributed by atoms with E-state index in [4.69, 9.17) is 4.98 Å².